The number of rotatable bonds is 6. The van der Waals surface area contributed by atoms with Gasteiger partial charge in [-0.15, -0.1) is 11.3 Å². The van der Waals surface area contributed by atoms with Crippen LogP contribution in [0.2, 0.25) is 0 Å². The van der Waals surface area contributed by atoms with E-state index in [4.69, 9.17) is 4.74 Å². The van der Waals surface area contributed by atoms with Gasteiger partial charge < -0.3 is 10.1 Å². The molecule has 0 radical (unpaired) electrons. The van der Waals surface area contributed by atoms with Crippen LogP contribution in [0.5, 0.6) is 0 Å². The second-order valence-electron chi connectivity index (χ2n) is 7.51. The highest BCUT2D eigenvalue weighted by molar-refractivity contribution is 7.14. The van der Waals surface area contributed by atoms with Crippen LogP contribution in [0.3, 0.4) is 0 Å². The first kappa shape index (κ1) is 21.7. The van der Waals surface area contributed by atoms with E-state index in [0.29, 0.717) is 10.6 Å². The second-order valence-corrected chi connectivity index (χ2v) is 8.71. The van der Waals surface area contributed by atoms with Gasteiger partial charge in [0.15, 0.2) is 6.10 Å². The van der Waals surface area contributed by atoms with Crippen molar-refractivity contribution < 1.29 is 14.3 Å². The largest absolute Gasteiger partial charge is 0.448 e. The summed E-state index contributed by atoms with van der Waals surface area (Å²) in [6.07, 6.45) is -0.942. The lowest BCUT2D eigenvalue weighted by Crippen LogP contribution is -2.30. The molecule has 5 nitrogen and oxygen atoms in total. The monoisotopic (exact) mass is 422 g/mol. The summed E-state index contributed by atoms with van der Waals surface area (Å²) in [4.78, 5) is 30.5. The van der Waals surface area contributed by atoms with Gasteiger partial charge in [0.05, 0.1) is 10.7 Å². The Morgan fingerprint density at radius 3 is 2.37 bits per heavy atom. The van der Waals surface area contributed by atoms with Crippen molar-refractivity contribution in [3.05, 3.63) is 69.5 Å². The molecule has 3 aromatic rings. The highest BCUT2D eigenvalue weighted by atomic mass is 32.1. The fourth-order valence-corrected chi connectivity index (χ4v) is 4.02. The van der Waals surface area contributed by atoms with Crippen molar-refractivity contribution in [1.29, 1.82) is 0 Å². The minimum atomic E-state index is -0.942. The van der Waals surface area contributed by atoms with Crippen LogP contribution in [0.4, 0.5) is 5.69 Å². The van der Waals surface area contributed by atoms with Gasteiger partial charge in [0.2, 0.25) is 0 Å². The van der Waals surface area contributed by atoms with E-state index >= 15 is 0 Å². The maximum absolute atomic E-state index is 12.8. The molecule has 0 unspecified atom stereocenters. The minimum Gasteiger partial charge on any atom is -0.448 e. The first-order chi connectivity index (χ1) is 14.3. The molecule has 30 heavy (non-hydrogen) atoms. The summed E-state index contributed by atoms with van der Waals surface area (Å²) in [6, 6.07) is 15.4. The summed E-state index contributed by atoms with van der Waals surface area (Å²) in [6.45, 7) is 9.52. The number of nitrogens with zero attached hydrogens (tertiary/aromatic N) is 1. The Morgan fingerprint density at radius 1 is 1.00 bits per heavy atom. The number of carbonyl (C=O) groups excluding carboxylic acids is 2. The van der Waals surface area contributed by atoms with Gasteiger partial charge in [0, 0.05) is 11.3 Å². The average molecular weight is 423 g/mol. The topological polar surface area (TPSA) is 68.3 Å². The predicted molar refractivity (Wildman–Crippen MR) is 121 cm³/mol. The van der Waals surface area contributed by atoms with Crippen LogP contribution in [0.15, 0.2) is 48.5 Å². The summed E-state index contributed by atoms with van der Waals surface area (Å²) in [5.41, 5.74) is 4.21. The van der Waals surface area contributed by atoms with Gasteiger partial charge in [-0.05, 0) is 37.8 Å². The molecule has 1 N–H and O–H groups in total. The van der Waals surface area contributed by atoms with Crippen molar-refractivity contribution in [1.82, 2.24) is 4.98 Å². The molecular formula is C24H26N2O3S. The van der Waals surface area contributed by atoms with Gasteiger partial charge in [-0.2, -0.15) is 0 Å². The van der Waals surface area contributed by atoms with Crippen molar-refractivity contribution in [2.24, 2.45) is 0 Å². The first-order valence-electron chi connectivity index (χ1n) is 9.92. The van der Waals surface area contributed by atoms with E-state index in [1.54, 1.807) is 6.92 Å². The molecule has 0 saturated heterocycles. The fraction of sp³-hybridized carbons (Fsp3) is 0.292. The number of benzene rings is 2. The number of para-hydroxylation sites is 1. The maximum Gasteiger partial charge on any atom is 0.351 e. The quantitative estimate of drug-likeness (QED) is 0.515. The molecule has 1 amide bonds. The Hall–Kier alpha value is -2.99. The number of hydrogen-bond donors (Lipinski definition) is 1. The van der Waals surface area contributed by atoms with Crippen LogP contribution < -0.4 is 5.32 Å². The van der Waals surface area contributed by atoms with Crippen molar-refractivity contribution in [3.63, 3.8) is 0 Å². The molecule has 0 aliphatic rings. The summed E-state index contributed by atoms with van der Waals surface area (Å²) < 4.78 is 5.51. The number of hydrogen-bond acceptors (Lipinski definition) is 5. The predicted octanol–water partition coefficient (Wildman–Crippen LogP) is 5.73. The number of esters is 1. The highest BCUT2D eigenvalue weighted by Gasteiger charge is 2.25. The molecule has 6 heteroatoms. The number of aromatic nitrogens is 1. The van der Waals surface area contributed by atoms with Crippen LogP contribution >= 0.6 is 11.3 Å². The maximum atomic E-state index is 12.8. The van der Waals surface area contributed by atoms with Gasteiger partial charge in [-0.25, -0.2) is 9.78 Å². The van der Waals surface area contributed by atoms with Crippen LogP contribution in [0, 0.1) is 13.8 Å². The van der Waals surface area contributed by atoms with E-state index in [0.717, 1.165) is 27.4 Å². The Balaban J connectivity index is 1.77. The molecule has 1 atom stereocenters. The zero-order valence-corrected chi connectivity index (χ0v) is 18.7. The molecule has 3 rings (SSSR count). The zero-order chi connectivity index (χ0) is 21.8. The first-order valence-corrected chi connectivity index (χ1v) is 10.7. The third kappa shape index (κ3) is 4.76. The Morgan fingerprint density at radius 2 is 1.70 bits per heavy atom. The normalized spacial score (nSPS) is 11.9. The number of ether oxygens (including phenoxy) is 1. The van der Waals surface area contributed by atoms with Gasteiger partial charge >= 0.3 is 5.97 Å². The van der Waals surface area contributed by atoms with Gasteiger partial charge in [-0.3, -0.25) is 4.79 Å². The summed E-state index contributed by atoms with van der Waals surface area (Å²) >= 11 is 1.27. The number of amides is 1. The third-order valence-corrected chi connectivity index (χ3v) is 5.75. The van der Waals surface area contributed by atoms with Gasteiger partial charge in [0.25, 0.3) is 5.91 Å². The van der Waals surface area contributed by atoms with Crippen molar-refractivity contribution in [3.8, 4) is 11.3 Å². The number of anilines is 1. The van der Waals surface area contributed by atoms with Crippen LogP contribution in [0.1, 0.15) is 52.5 Å². The second kappa shape index (κ2) is 9.22. The van der Waals surface area contributed by atoms with E-state index in [1.807, 2.05) is 62.4 Å². The number of thiazole rings is 1. The number of carbonyl (C=O) groups is 2. The van der Waals surface area contributed by atoms with E-state index < -0.39 is 12.1 Å². The zero-order valence-electron chi connectivity index (χ0n) is 17.9. The summed E-state index contributed by atoms with van der Waals surface area (Å²) in [7, 11) is 0. The van der Waals surface area contributed by atoms with Crippen molar-refractivity contribution >= 4 is 28.9 Å². The molecule has 0 bridgehead atoms. The summed E-state index contributed by atoms with van der Waals surface area (Å²) in [5.74, 6) is -0.648. The van der Waals surface area contributed by atoms with Crippen LogP contribution in [0.25, 0.3) is 11.3 Å². The molecule has 156 valence electrons. The van der Waals surface area contributed by atoms with Gasteiger partial charge in [0.1, 0.15) is 4.88 Å². The molecule has 0 fully saturated rings. The van der Waals surface area contributed by atoms with Crippen molar-refractivity contribution in [2.75, 3.05) is 5.32 Å². The minimum absolute atomic E-state index is 0.256. The molecule has 0 aliphatic heterocycles. The standard InChI is InChI=1S/C24H26N2O3S/c1-14(2)19-13-9-10-15(3)20(19)26-23(27)16(4)29-24(28)22-21(25-17(5)30-22)18-11-7-6-8-12-18/h6-14,16H,1-5H3,(H,26,27)/t16-/m1/s1. The van der Waals surface area contributed by atoms with E-state index in [-0.39, 0.29) is 11.8 Å². The molecule has 0 spiro atoms. The van der Waals surface area contributed by atoms with E-state index in [1.165, 1.54) is 11.3 Å². The molecule has 2 aromatic carbocycles. The lowest BCUT2D eigenvalue weighted by Gasteiger charge is -2.19. The smallest absolute Gasteiger partial charge is 0.351 e. The molecule has 1 heterocycles. The van der Waals surface area contributed by atoms with E-state index in [2.05, 4.69) is 24.1 Å². The van der Waals surface area contributed by atoms with Gasteiger partial charge in [-0.1, -0.05) is 62.4 Å². The molecular weight excluding hydrogens is 396 g/mol. The fourth-order valence-electron chi connectivity index (χ4n) is 3.19. The lowest BCUT2D eigenvalue weighted by molar-refractivity contribution is -0.123. The Bertz CT molecular complexity index is 1060. The Kier molecular flexibility index (Phi) is 6.67. The SMILES string of the molecule is Cc1nc(-c2ccccc2)c(C(=O)O[C@H](C)C(=O)Nc2c(C)cccc2C(C)C)s1. The molecule has 1 aromatic heterocycles. The van der Waals surface area contributed by atoms with E-state index in [9.17, 15) is 9.59 Å². The average Bonchev–Trinajstić information content (AvgIpc) is 3.11. The third-order valence-electron chi connectivity index (χ3n) is 4.79. The molecule has 0 saturated carbocycles. The molecule has 0 aliphatic carbocycles. The number of nitrogens with one attached hydrogen (secondary N) is 1. The summed E-state index contributed by atoms with van der Waals surface area (Å²) in [5, 5.41) is 3.70. The highest BCUT2D eigenvalue weighted by Crippen LogP contribution is 2.30. The van der Waals surface area contributed by atoms with Crippen molar-refractivity contribution in [2.45, 2.75) is 46.6 Å². The lowest BCUT2D eigenvalue weighted by atomic mass is 9.98. The van der Waals surface area contributed by atoms with Crippen LogP contribution in [-0.2, 0) is 9.53 Å². The van der Waals surface area contributed by atoms with Crippen LogP contribution in [-0.4, -0.2) is 23.0 Å². The Labute approximate surface area is 181 Å². The number of aryl methyl sites for hydroxylation is 2.